The minimum Gasteiger partial charge on any atom is -0.452 e. The van der Waals surface area contributed by atoms with Gasteiger partial charge in [-0.25, -0.2) is 9.18 Å². The highest BCUT2D eigenvalue weighted by Crippen LogP contribution is 2.21. The maximum Gasteiger partial charge on any atom is 0.340 e. The molecule has 0 aliphatic rings. The van der Waals surface area contributed by atoms with Crippen LogP contribution in [0.25, 0.3) is 11.4 Å². The van der Waals surface area contributed by atoms with Crippen molar-refractivity contribution in [2.45, 2.75) is 6.61 Å². The molecule has 0 saturated carbocycles. The predicted octanol–water partition coefficient (Wildman–Crippen LogP) is 3.79. The number of nitrogens with zero attached hydrogens (tertiary/aromatic N) is 3. The summed E-state index contributed by atoms with van der Waals surface area (Å²) in [4.78, 5) is 26.1. The molecular formula is C16H9ClFN3O5. The zero-order valence-corrected chi connectivity index (χ0v) is 13.6. The summed E-state index contributed by atoms with van der Waals surface area (Å²) in [7, 11) is 0. The first-order valence-electron chi connectivity index (χ1n) is 7.13. The topological polar surface area (TPSA) is 108 Å². The third-order valence-electron chi connectivity index (χ3n) is 3.28. The zero-order valence-electron chi connectivity index (χ0n) is 12.9. The second kappa shape index (κ2) is 7.28. The highest BCUT2D eigenvalue weighted by molar-refractivity contribution is 6.33. The molecule has 0 spiro atoms. The fourth-order valence-electron chi connectivity index (χ4n) is 2.02. The molecule has 0 saturated heterocycles. The Hall–Kier alpha value is -3.33. The molecule has 0 bridgehead atoms. The van der Waals surface area contributed by atoms with Crippen LogP contribution in [0, 0.1) is 15.9 Å². The molecular weight excluding hydrogens is 369 g/mol. The highest BCUT2D eigenvalue weighted by Gasteiger charge is 2.16. The lowest BCUT2D eigenvalue weighted by atomic mass is 10.2. The van der Waals surface area contributed by atoms with E-state index in [1.807, 2.05) is 0 Å². The number of non-ortho nitro benzene ring substituents is 1. The van der Waals surface area contributed by atoms with Gasteiger partial charge in [0.15, 0.2) is 6.61 Å². The van der Waals surface area contributed by atoms with Crippen LogP contribution in [-0.4, -0.2) is 21.0 Å². The smallest absolute Gasteiger partial charge is 0.340 e. The maximum atomic E-state index is 13.0. The summed E-state index contributed by atoms with van der Waals surface area (Å²) in [5, 5.41) is 14.3. The van der Waals surface area contributed by atoms with Crippen LogP contribution in [0.1, 0.15) is 16.2 Å². The quantitative estimate of drug-likeness (QED) is 0.378. The Morgan fingerprint density at radius 1 is 1.27 bits per heavy atom. The molecule has 0 amide bonds. The second-order valence-electron chi connectivity index (χ2n) is 5.02. The SMILES string of the molecule is O=C(OCc1nc(-c2ccc([N+](=O)[O-])cc2)no1)c1ccc(F)cc1Cl. The van der Waals surface area contributed by atoms with Gasteiger partial charge in [-0.3, -0.25) is 10.1 Å². The van der Waals surface area contributed by atoms with Crippen molar-refractivity contribution in [1.29, 1.82) is 0 Å². The molecule has 0 unspecified atom stereocenters. The number of esters is 1. The van der Waals surface area contributed by atoms with Crippen molar-refractivity contribution in [3.05, 3.63) is 74.9 Å². The minimum absolute atomic E-state index is 0.00294. The number of rotatable bonds is 5. The molecule has 0 aliphatic carbocycles. The molecule has 0 radical (unpaired) electrons. The number of ether oxygens (including phenoxy) is 1. The molecule has 0 atom stereocenters. The first-order valence-corrected chi connectivity index (χ1v) is 7.51. The number of nitro groups is 1. The van der Waals surface area contributed by atoms with Crippen molar-refractivity contribution in [2.75, 3.05) is 0 Å². The van der Waals surface area contributed by atoms with Crippen LogP contribution < -0.4 is 0 Å². The van der Waals surface area contributed by atoms with E-state index in [9.17, 15) is 19.3 Å². The van der Waals surface area contributed by atoms with Gasteiger partial charge in [0.25, 0.3) is 11.6 Å². The standard InChI is InChI=1S/C16H9ClFN3O5/c17-13-7-10(18)3-6-12(13)16(22)25-8-14-19-15(20-26-14)9-1-4-11(5-2-9)21(23)24/h1-7H,8H2. The van der Waals surface area contributed by atoms with Crippen LogP contribution >= 0.6 is 11.6 Å². The van der Waals surface area contributed by atoms with Crippen molar-refractivity contribution in [1.82, 2.24) is 10.1 Å². The number of hydrogen-bond acceptors (Lipinski definition) is 7. The van der Waals surface area contributed by atoms with Crippen molar-refractivity contribution in [3.8, 4) is 11.4 Å². The Balaban J connectivity index is 1.66. The Labute approximate surface area is 150 Å². The monoisotopic (exact) mass is 377 g/mol. The van der Waals surface area contributed by atoms with E-state index in [4.69, 9.17) is 20.9 Å². The van der Waals surface area contributed by atoms with Gasteiger partial charge in [0.05, 0.1) is 15.5 Å². The summed E-state index contributed by atoms with van der Waals surface area (Å²) < 4.78 is 23.0. The largest absolute Gasteiger partial charge is 0.452 e. The van der Waals surface area contributed by atoms with Gasteiger partial charge >= 0.3 is 5.97 Å². The molecule has 3 rings (SSSR count). The van der Waals surface area contributed by atoms with E-state index >= 15 is 0 Å². The summed E-state index contributed by atoms with van der Waals surface area (Å²) in [6.07, 6.45) is 0. The molecule has 3 aromatic rings. The summed E-state index contributed by atoms with van der Waals surface area (Å²) in [5.41, 5.74) is 0.434. The number of halogens is 2. The number of nitro benzene ring substituents is 1. The van der Waals surface area contributed by atoms with E-state index in [2.05, 4.69) is 10.1 Å². The van der Waals surface area contributed by atoms with Crippen molar-refractivity contribution < 1.29 is 23.4 Å². The third kappa shape index (κ3) is 3.83. The van der Waals surface area contributed by atoms with E-state index in [0.29, 0.717) is 5.56 Å². The molecule has 0 N–H and O–H groups in total. The molecule has 8 nitrogen and oxygen atoms in total. The van der Waals surface area contributed by atoms with Gasteiger partial charge in [0.1, 0.15) is 5.82 Å². The average Bonchev–Trinajstić information content (AvgIpc) is 3.09. The van der Waals surface area contributed by atoms with Gasteiger partial charge < -0.3 is 9.26 Å². The summed E-state index contributed by atoms with van der Waals surface area (Å²) in [5.74, 6) is -1.14. The first-order chi connectivity index (χ1) is 12.4. The van der Waals surface area contributed by atoms with E-state index in [-0.39, 0.29) is 34.6 Å². The average molecular weight is 378 g/mol. The molecule has 0 aliphatic heterocycles. The Bertz CT molecular complexity index is 974. The Kier molecular flexibility index (Phi) is 4.90. The van der Waals surface area contributed by atoms with Crippen molar-refractivity contribution in [3.63, 3.8) is 0 Å². The lowest BCUT2D eigenvalue weighted by Crippen LogP contribution is -2.06. The molecule has 1 aromatic heterocycles. The van der Waals surface area contributed by atoms with E-state index in [1.54, 1.807) is 0 Å². The van der Waals surface area contributed by atoms with Gasteiger partial charge in [-0.05, 0) is 30.3 Å². The summed E-state index contributed by atoms with van der Waals surface area (Å²) >= 11 is 5.79. The van der Waals surface area contributed by atoms with Crippen LogP contribution in [-0.2, 0) is 11.3 Å². The number of carbonyl (C=O) groups is 1. The van der Waals surface area contributed by atoms with Gasteiger partial charge in [0.2, 0.25) is 5.82 Å². The number of carbonyl (C=O) groups excluding carboxylic acids is 1. The van der Waals surface area contributed by atoms with Crippen molar-refractivity contribution >= 4 is 23.3 Å². The molecule has 0 fully saturated rings. The highest BCUT2D eigenvalue weighted by atomic mass is 35.5. The lowest BCUT2D eigenvalue weighted by Gasteiger charge is -2.03. The minimum atomic E-state index is -0.773. The van der Waals surface area contributed by atoms with Crippen LogP contribution in [0.4, 0.5) is 10.1 Å². The van der Waals surface area contributed by atoms with Crippen LogP contribution in [0.3, 0.4) is 0 Å². The molecule has 1 heterocycles. The molecule has 10 heteroatoms. The van der Waals surface area contributed by atoms with E-state index < -0.39 is 16.7 Å². The lowest BCUT2D eigenvalue weighted by molar-refractivity contribution is -0.384. The molecule has 132 valence electrons. The van der Waals surface area contributed by atoms with Gasteiger partial charge in [-0.1, -0.05) is 16.8 Å². The molecule has 26 heavy (non-hydrogen) atoms. The molecule has 2 aromatic carbocycles. The fraction of sp³-hybridized carbons (Fsp3) is 0.0625. The van der Waals surface area contributed by atoms with E-state index in [0.717, 1.165) is 12.1 Å². The Morgan fingerprint density at radius 3 is 2.65 bits per heavy atom. The van der Waals surface area contributed by atoms with Gasteiger partial charge in [-0.2, -0.15) is 4.98 Å². The Morgan fingerprint density at radius 2 is 2.00 bits per heavy atom. The number of aromatic nitrogens is 2. The van der Waals surface area contributed by atoms with Crippen LogP contribution in [0.5, 0.6) is 0 Å². The normalized spacial score (nSPS) is 10.5. The predicted molar refractivity (Wildman–Crippen MR) is 86.9 cm³/mol. The summed E-state index contributed by atoms with van der Waals surface area (Å²) in [6.45, 7) is -0.313. The first kappa shape index (κ1) is 17.5. The van der Waals surface area contributed by atoms with Crippen LogP contribution in [0.15, 0.2) is 47.0 Å². The maximum absolute atomic E-state index is 13.0. The third-order valence-corrected chi connectivity index (χ3v) is 3.59. The fourth-order valence-corrected chi connectivity index (χ4v) is 2.27. The second-order valence-corrected chi connectivity index (χ2v) is 5.42. The van der Waals surface area contributed by atoms with E-state index in [1.165, 1.54) is 30.3 Å². The van der Waals surface area contributed by atoms with Gasteiger partial charge in [0, 0.05) is 17.7 Å². The zero-order chi connectivity index (χ0) is 18.7. The van der Waals surface area contributed by atoms with Gasteiger partial charge in [-0.15, -0.1) is 0 Å². The van der Waals surface area contributed by atoms with Crippen molar-refractivity contribution in [2.24, 2.45) is 0 Å². The number of benzene rings is 2. The summed E-state index contributed by atoms with van der Waals surface area (Å²) in [6, 6.07) is 8.84. The van der Waals surface area contributed by atoms with Crippen LogP contribution in [0.2, 0.25) is 5.02 Å². The number of hydrogen-bond donors (Lipinski definition) is 0.